The van der Waals surface area contributed by atoms with Gasteiger partial charge < -0.3 is 16.6 Å². The highest BCUT2D eigenvalue weighted by atomic mass is 79.9. The van der Waals surface area contributed by atoms with Crippen molar-refractivity contribution in [2.75, 3.05) is 0 Å². The molecule has 0 aromatic heterocycles. The molecule has 0 fully saturated rings. The number of hydrogen-bond donors (Lipinski definition) is 4. The van der Waals surface area contributed by atoms with Gasteiger partial charge in [-0.2, -0.15) is 0 Å². The maximum absolute atomic E-state index is 9.40. The Kier molecular flexibility index (Phi) is 3.47. The summed E-state index contributed by atoms with van der Waals surface area (Å²) in [6.07, 6.45) is 1.49. The molecule has 0 radical (unpaired) electrons. The van der Waals surface area contributed by atoms with Crippen LogP contribution in [-0.2, 0) is 0 Å². The Bertz CT molecular complexity index is 385. The van der Waals surface area contributed by atoms with Crippen LogP contribution in [-0.4, -0.2) is 17.3 Å². The quantitative estimate of drug-likeness (QED) is 0.306. The first-order chi connectivity index (χ1) is 6.59. The number of nitrogens with one attached hydrogen (secondary N) is 1. The van der Waals surface area contributed by atoms with Gasteiger partial charge in [-0.15, -0.1) is 5.10 Å². The van der Waals surface area contributed by atoms with Crippen molar-refractivity contribution in [3.8, 4) is 5.75 Å². The lowest BCUT2D eigenvalue weighted by Crippen LogP contribution is -2.63. The summed E-state index contributed by atoms with van der Waals surface area (Å²) in [4.78, 5) is 0. The van der Waals surface area contributed by atoms with Crippen LogP contribution in [0.5, 0.6) is 5.75 Å². The van der Waals surface area contributed by atoms with E-state index < -0.39 is 0 Å². The Balaban J connectivity index is 2.91. The van der Waals surface area contributed by atoms with E-state index >= 15 is 0 Å². The zero-order valence-corrected chi connectivity index (χ0v) is 8.82. The summed E-state index contributed by atoms with van der Waals surface area (Å²) in [7, 11) is 0. The van der Waals surface area contributed by atoms with Crippen LogP contribution in [0.3, 0.4) is 0 Å². The minimum atomic E-state index is -0.0734. The van der Waals surface area contributed by atoms with Gasteiger partial charge >= 0.3 is 0 Å². The summed E-state index contributed by atoms with van der Waals surface area (Å²) in [5, 5.41) is 15.4. The van der Waals surface area contributed by atoms with Gasteiger partial charge in [-0.05, 0) is 18.2 Å². The maximum atomic E-state index is 9.40. The minimum absolute atomic E-state index is 0.0734. The Labute approximate surface area is 89.3 Å². The number of aromatic hydroxyl groups is 1. The number of phenolic OH excluding ortho intramolecular Hbond substituents is 1. The third-order valence-corrected chi connectivity index (χ3v) is 1.90. The fourth-order valence-corrected chi connectivity index (χ4v) is 1.20. The summed E-state index contributed by atoms with van der Waals surface area (Å²) in [5.41, 5.74) is 10.8. The monoisotopic (exact) mass is 257 g/mol. The number of hydrazone groups is 1. The first-order valence-electron chi connectivity index (χ1n) is 3.75. The molecule has 0 spiro atoms. The van der Waals surface area contributed by atoms with Crippen LogP contribution in [0.2, 0.25) is 0 Å². The SMILES string of the molecule is NC(N)=N/[NH+]=C/c1cc(Br)ccc1O. The number of phenols is 1. The van der Waals surface area contributed by atoms with Gasteiger partial charge in [0.1, 0.15) is 5.75 Å². The summed E-state index contributed by atoms with van der Waals surface area (Å²) in [6, 6.07) is 5.02. The van der Waals surface area contributed by atoms with Gasteiger partial charge in [0, 0.05) is 9.57 Å². The molecular formula is C8H10BrN4O+. The van der Waals surface area contributed by atoms with Crippen LogP contribution in [0.1, 0.15) is 5.56 Å². The Morgan fingerprint density at radius 2 is 2.21 bits per heavy atom. The lowest BCUT2D eigenvalue weighted by Gasteiger charge is -1.95. The van der Waals surface area contributed by atoms with Crippen LogP contribution < -0.4 is 16.6 Å². The molecule has 6 N–H and O–H groups in total. The summed E-state index contributed by atoms with van der Waals surface area (Å²) in [6.45, 7) is 0. The molecule has 6 heteroatoms. The molecule has 0 saturated carbocycles. The normalized spacial score (nSPS) is 10.4. The Morgan fingerprint density at radius 3 is 2.86 bits per heavy atom. The van der Waals surface area contributed by atoms with Crippen LogP contribution in [0.25, 0.3) is 0 Å². The van der Waals surface area contributed by atoms with Gasteiger partial charge in [-0.3, -0.25) is 0 Å². The molecule has 74 valence electrons. The van der Waals surface area contributed by atoms with Crippen molar-refractivity contribution in [1.29, 1.82) is 0 Å². The third-order valence-electron chi connectivity index (χ3n) is 1.40. The largest absolute Gasteiger partial charge is 0.507 e. The van der Waals surface area contributed by atoms with Crippen molar-refractivity contribution in [2.24, 2.45) is 16.6 Å². The number of rotatable bonds is 2. The average molecular weight is 258 g/mol. The number of nitrogens with zero attached hydrogens (tertiary/aromatic N) is 1. The molecule has 0 atom stereocenters. The van der Waals surface area contributed by atoms with E-state index in [1.807, 2.05) is 0 Å². The molecule has 0 heterocycles. The van der Waals surface area contributed by atoms with E-state index in [0.29, 0.717) is 5.56 Å². The minimum Gasteiger partial charge on any atom is -0.507 e. The molecule has 0 aliphatic carbocycles. The highest BCUT2D eigenvalue weighted by molar-refractivity contribution is 9.10. The molecule has 1 aromatic carbocycles. The summed E-state index contributed by atoms with van der Waals surface area (Å²) >= 11 is 3.27. The molecule has 0 aliphatic heterocycles. The van der Waals surface area contributed by atoms with E-state index in [9.17, 15) is 5.11 Å². The molecule has 0 saturated heterocycles. The van der Waals surface area contributed by atoms with Crippen LogP contribution in [0, 0.1) is 0 Å². The maximum Gasteiger partial charge on any atom is 0.256 e. The molecule has 0 aliphatic rings. The topological polar surface area (TPSA) is 98.6 Å². The zero-order chi connectivity index (χ0) is 10.6. The van der Waals surface area contributed by atoms with Gasteiger partial charge in [0.25, 0.3) is 5.96 Å². The number of halogens is 1. The van der Waals surface area contributed by atoms with Crippen molar-refractivity contribution in [3.63, 3.8) is 0 Å². The van der Waals surface area contributed by atoms with E-state index in [0.717, 1.165) is 4.47 Å². The van der Waals surface area contributed by atoms with E-state index in [2.05, 4.69) is 26.1 Å². The fraction of sp³-hybridized carbons (Fsp3) is 0. The van der Waals surface area contributed by atoms with E-state index in [4.69, 9.17) is 11.5 Å². The standard InChI is InChI=1S/C8H9BrN4O/c9-6-1-2-7(14)5(3-6)4-12-13-8(10)11/h1-4,14H,(H4,10,11,13)/p+1/b12-4+. The number of benzene rings is 1. The predicted octanol–water partition coefficient (Wildman–Crippen LogP) is -1.16. The number of hydrogen-bond acceptors (Lipinski definition) is 2. The van der Waals surface area contributed by atoms with E-state index in [1.54, 1.807) is 18.2 Å². The Hall–Kier alpha value is -1.56. The van der Waals surface area contributed by atoms with Crippen LogP contribution >= 0.6 is 15.9 Å². The van der Waals surface area contributed by atoms with Gasteiger partial charge in [-0.25, -0.2) is 0 Å². The second kappa shape index (κ2) is 4.61. The second-order valence-electron chi connectivity index (χ2n) is 2.51. The van der Waals surface area contributed by atoms with Crippen molar-refractivity contribution >= 4 is 28.1 Å². The molecular weight excluding hydrogens is 248 g/mol. The third kappa shape index (κ3) is 3.06. The molecule has 5 nitrogen and oxygen atoms in total. The van der Waals surface area contributed by atoms with Crippen LogP contribution in [0.4, 0.5) is 0 Å². The van der Waals surface area contributed by atoms with Gasteiger partial charge in [-0.1, -0.05) is 15.9 Å². The van der Waals surface area contributed by atoms with Crippen molar-refractivity contribution in [3.05, 3.63) is 28.2 Å². The average Bonchev–Trinajstić information content (AvgIpc) is 2.10. The molecule has 0 amide bonds. The second-order valence-corrected chi connectivity index (χ2v) is 3.43. The fourth-order valence-electron chi connectivity index (χ4n) is 0.817. The van der Waals surface area contributed by atoms with Crippen molar-refractivity contribution in [2.45, 2.75) is 0 Å². The highest BCUT2D eigenvalue weighted by Crippen LogP contribution is 2.19. The van der Waals surface area contributed by atoms with E-state index in [1.165, 1.54) is 6.21 Å². The van der Waals surface area contributed by atoms with Gasteiger partial charge in [0.2, 0.25) is 6.21 Å². The predicted molar refractivity (Wildman–Crippen MR) is 57.7 cm³/mol. The lowest BCUT2D eigenvalue weighted by molar-refractivity contribution is -0.456. The lowest BCUT2D eigenvalue weighted by atomic mass is 10.2. The molecule has 14 heavy (non-hydrogen) atoms. The number of guanidine groups is 1. The smallest absolute Gasteiger partial charge is 0.256 e. The molecule has 1 aromatic rings. The van der Waals surface area contributed by atoms with Crippen molar-refractivity contribution in [1.82, 2.24) is 0 Å². The van der Waals surface area contributed by atoms with Gasteiger partial charge in [0.05, 0.1) is 5.56 Å². The molecule has 0 unspecified atom stereocenters. The molecule has 0 bridgehead atoms. The van der Waals surface area contributed by atoms with Crippen molar-refractivity contribution < 1.29 is 10.2 Å². The number of nitrogens with two attached hydrogens (primary N) is 2. The summed E-state index contributed by atoms with van der Waals surface area (Å²) in [5.74, 6) is 0.0715. The zero-order valence-electron chi connectivity index (χ0n) is 7.24. The molecule has 1 rings (SSSR count). The van der Waals surface area contributed by atoms with Gasteiger partial charge in [0.15, 0.2) is 0 Å². The first kappa shape index (κ1) is 10.5. The first-order valence-corrected chi connectivity index (χ1v) is 4.55. The van der Waals surface area contributed by atoms with Crippen LogP contribution in [0.15, 0.2) is 27.8 Å². The van der Waals surface area contributed by atoms with E-state index in [-0.39, 0.29) is 11.7 Å². The highest BCUT2D eigenvalue weighted by Gasteiger charge is 2.01. The Morgan fingerprint density at radius 1 is 1.50 bits per heavy atom. The summed E-state index contributed by atoms with van der Waals surface area (Å²) < 4.78 is 0.855.